The van der Waals surface area contributed by atoms with Gasteiger partial charge in [-0.2, -0.15) is 11.8 Å². The van der Waals surface area contributed by atoms with Gasteiger partial charge in [-0.3, -0.25) is 4.79 Å². The Morgan fingerprint density at radius 1 is 1.44 bits per heavy atom. The summed E-state index contributed by atoms with van der Waals surface area (Å²) in [7, 11) is 0. The molecule has 0 aliphatic heterocycles. The second-order valence-electron chi connectivity index (χ2n) is 3.66. The van der Waals surface area contributed by atoms with Gasteiger partial charge in [0.05, 0.1) is 0 Å². The predicted octanol–water partition coefficient (Wildman–Crippen LogP) is 2.91. The molecule has 1 aromatic rings. The SMILES string of the molecule is CSCC(C)NC(=O)c1ccc(CCl)cc1. The van der Waals surface area contributed by atoms with Gasteiger partial charge < -0.3 is 5.32 Å². The molecule has 0 aliphatic rings. The summed E-state index contributed by atoms with van der Waals surface area (Å²) >= 11 is 7.40. The standard InChI is InChI=1S/C12H16ClNOS/c1-9(8-16-2)14-12(15)11-5-3-10(7-13)4-6-11/h3-6,9H,7-8H2,1-2H3,(H,14,15). The highest BCUT2D eigenvalue weighted by Gasteiger charge is 2.08. The van der Waals surface area contributed by atoms with Crippen molar-refractivity contribution in [3.05, 3.63) is 35.4 Å². The highest BCUT2D eigenvalue weighted by atomic mass is 35.5. The molecule has 0 spiro atoms. The number of hydrogen-bond donors (Lipinski definition) is 1. The number of benzene rings is 1. The number of halogens is 1. The molecule has 0 radical (unpaired) electrons. The van der Waals surface area contributed by atoms with E-state index in [4.69, 9.17) is 11.6 Å². The minimum Gasteiger partial charge on any atom is -0.349 e. The first-order valence-electron chi connectivity index (χ1n) is 5.12. The van der Waals surface area contributed by atoms with Gasteiger partial charge in [-0.25, -0.2) is 0 Å². The highest BCUT2D eigenvalue weighted by Crippen LogP contribution is 2.07. The van der Waals surface area contributed by atoms with E-state index in [9.17, 15) is 4.79 Å². The lowest BCUT2D eigenvalue weighted by molar-refractivity contribution is 0.0944. The average molecular weight is 258 g/mol. The highest BCUT2D eigenvalue weighted by molar-refractivity contribution is 7.98. The van der Waals surface area contributed by atoms with Gasteiger partial charge in [-0.15, -0.1) is 11.6 Å². The van der Waals surface area contributed by atoms with Gasteiger partial charge in [0.1, 0.15) is 0 Å². The molecular formula is C12H16ClNOS. The first kappa shape index (κ1) is 13.4. The molecule has 1 rings (SSSR count). The van der Waals surface area contributed by atoms with E-state index < -0.39 is 0 Å². The molecule has 0 heterocycles. The molecule has 0 saturated carbocycles. The fraction of sp³-hybridized carbons (Fsp3) is 0.417. The van der Waals surface area contributed by atoms with E-state index in [2.05, 4.69) is 5.32 Å². The zero-order valence-corrected chi connectivity index (χ0v) is 11.1. The molecule has 2 nitrogen and oxygen atoms in total. The van der Waals surface area contributed by atoms with Gasteiger partial charge in [0.15, 0.2) is 0 Å². The topological polar surface area (TPSA) is 29.1 Å². The minimum absolute atomic E-state index is 0.0253. The first-order chi connectivity index (χ1) is 7.67. The largest absolute Gasteiger partial charge is 0.349 e. The molecule has 88 valence electrons. The first-order valence-corrected chi connectivity index (χ1v) is 7.05. The van der Waals surface area contributed by atoms with E-state index in [0.29, 0.717) is 11.4 Å². The summed E-state index contributed by atoms with van der Waals surface area (Å²) in [4.78, 5) is 11.8. The van der Waals surface area contributed by atoms with Crippen molar-refractivity contribution in [3.63, 3.8) is 0 Å². The average Bonchev–Trinajstić information content (AvgIpc) is 2.29. The summed E-state index contributed by atoms with van der Waals surface area (Å²) < 4.78 is 0. The van der Waals surface area contributed by atoms with E-state index in [-0.39, 0.29) is 11.9 Å². The molecule has 0 aromatic heterocycles. The Morgan fingerprint density at radius 2 is 2.06 bits per heavy atom. The molecule has 1 amide bonds. The van der Waals surface area contributed by atoms with Crippen molar-refractivity contribution in [1.82, 2.24) is 5.32 Å². The van der Waals surface area contributed by atoms with Crippen LogP contribution in [0, 0.1) is 0 Å². The Kier molecular flexibility index (Phi) is 5.71. The Hall–Kier alpha value is -0.670. The number of amides is 1. The Balaban J connectivity index is 2.59. The summed E-state index contributed by atoms with van der Waals surface area (Å²) in [6, 6.07) is 7.55. The Morgan fingerprint density at radius 3 is 2.56 bits per heavy atom. The number of carbonyl (C=O) groups is 1. The summed E-state index contributed by atoms with van der Waals surface area (Å²) in [5.74, 6) is 1.37. The second kappa shape index (κ2) is 6.81. The summed E-state index contributed by atoms with van der Waals surface area (Å²) in [6.45, 7) is 2.00. The second-order valence-corrected chi connectivity index (χ2v) is 4.84. The van der Waals surface area contributed by atoms with Crippen molar-refractivity contribution in [1.29, 1.82) is 0 Å². The quantitative estimate of drug-likeness (QED) is 0.822. The zero-order chi connectivity index (χ0) is 12.0. The van der Waals surface area contributed by atoms with Crippen LogP contribution in [0.2, 0.25) is 0 Å². The summed E-state index contributed by atoms with van der Waals surface area (Å²) in [5, 5.41) is 2.94. The molecule has 0 bridgehead atoms. The maximum Gasteiger partial charge on any atom is 0.251 e. The van der Waals surface area contributed by atoms with E-state index >= 15 is 0 Å². The molecule has 0 aliphatic carbocycles. The number of thioether (sulfide) groups is 1. The van der Waals surface area contributed by atoms with Gasteiger partial charge in [0.2, 0.25) is 0 Å². The van der Waals surface area contributed by atoms with Crippen LogP contribution in [0.15, 0.2) is 24.3 Å². The van der Waals surface area contributed by atoms with E-state index in [1.165, 1.54) is 0 Å². The third-order valence-corrected chi connectivity index (χ3v) is 3.31. The van der Waals surface area contributed by atoms with Gasteiger partial charge in [0, 0.05) is 23.2 Å². The number of hydrogen-bond acceptors (Lipinski definition) is 2. The normalized spacial score (nSPS) is 12.2. The van der Waals surface area contributed by atoms with Crippen LogP contribution in [0.25, 0.3) is 0 Å². The van der Waals surface area contributed by atoms with Crippen LogP contribution >= 0.6 is 23.4 Å². The monoisotopic (exact) mass is 257 g/mol. The number of carbonyl (C=O) groups excluding carboxylic acids is 1. The molecule has 0 fully saturated rings. The van der Waals surface area contributed by atoms with Crippen molar-refractivity contribution >= 4 is 29.3 Å². The van der Waals surface area contributed by atoms with E-state index in [1.54, 1.807) is 23.9 Å². The van der Waals surface area contributed by atoms with Crippen molar-refractivity contribution in [2.24, 2.45) is 0 Å². The molecule has 1 aromatic carbocycles. The van der Waals surface area contributed by atoms with Crippen LogP contribution < -0.4 is 5.32 Å². The number of rotatable bonds is 5. The lowest BCUT2D eigenvalue weighted by Crippen LogP contribution is -2.34. The van der Waals surface area contributed by atoms with Crippen LogP contribution in [-0.2, 0) is 5.88 Å². The van der Waals surface area contributed by atoms with Crippen molar-refractivity contribution in [2.45, 2.75) is 18.8 Å². The zero-order valence-electron chi connectivity index (χ0n) is 9.50. The maximum absolute atomic E-state index is 11.8. The van der Waals surface area contributed by atoms with Crippen LogP contribution in [0.1, 0.15) is 22.8 Å². The molecule has 16 heavy (non-hydrogen) atoms. The van der Waals surface area contributed by atoms with Crippen LogP contribution in [0.4, 0.5) is 0 Å². The smallest absolute Gasteiger partial charge is 0.251 e. The number of nitrogens with one attached hydrogen (secondary N) is 1. The van der Waals surface area contributed by atoms with Gasteiger partial charge in [-0.05, 0) is 30.9 Å². The van der Waals surface area contributed by atoms with Crippen molar-refractivity contribution < 1.29 is 4.79 Å². The van der Waals surface area contributed by atoms with Crippen LogP contribution in [0.3, 0.4) is 0 Å². The van der Waals surface area contributed by atoms with Crippen molar-refractivity contribution in [3.8, 4) is 0 Å². The number of alkyl halides is 1. The minimum atomic E-state index is -0.0253. The maximum atomic E-state index is 11.8. The third-order valence-electron chi connectivity index (χ3n) is 2.16. The molecule has 1 unspecified atom stereocenters. The lowest BCUT2D eigenvalue weighted by Gasteiger charge is -2.12. The molecule has 4 heteroatoms. The fourth-order valence-corrected chi connectivity index (χ4v) is 2.11. The summed E-state index contributed by atoms with van der Waals surface area (Å²) in [5.41, 5.74) is 1.71. The summed E-state index contributed by atoms with van der Waals surface area (Å²) in [6.07, 6.45) is 2.03. The molecular weight excluding hydrogens is 242 g/mol. The van der Waals surface area contributed by atoms with Crippen LogP contribution in [-0.4, -0.2) is 24.0 Å². The predicted molar refractivity (Wildman–Crippen MR) is 71.3 cm³/mol. The lowest BCUT2D eigenvalue weighted by atomic mass is 10.1. The van der Waals surface area contributed by atoms with E-state index in [1.807, 2.05) is 25.3 Å². The van der Waals surface area contributed by atoms with E-state index in [0.717, 1.165) is 11.3 Å². The third kappa shape index (κ3) is 4.06. The molecule has 1 N–H and O–H groups in total. The van der Waals surface area contributed by atoms with Crippen LogP contribution in [0.5, 0.6) is 0 Å². The van der Waals surface area contributed by atoms with Gasteiger partial charge >= 0.3 is 0 Å². The fourth-order valence-electron chi connectivity index (χ4n) is 1.34. The molecule has 1 atom stereocenters. The molecule has 0 saturated heterocycles. The van der Waals surface area contributed by atoms with Gasteiger partial charge in [0.25, 0.3) is 5.91 Å². The van der Waals surface area contributed by atoms with Gasteiger partial charge in [-0.1, -0.05) is 12.1 Å². The Bertz CT molecular complexity index is 339. The Labute approximate surface area is 106 Å². The van der Waals surface area contributed by atoms with Crippen molar-refractivity contribution in [2.75, 3.05) is 12.0 Å².